The van der Waals surface area contributed by atoms with Gasteiger partial charge in [-0.1, -0.05) is 23.9 Å². The maximum atomic E-state index is 12.5. The molecule has 3 rings (SSSR count). The molecule has 96 valence electrons. The van der Waals surface area contributed by atoms with Gasteiger partial charge < -0.3 is 0 Å². The van der Waals surface area contributed by atoms with Crippen LogP contribution in [0.2, 0.25) is 0 Å². The molecule has 5 heteroatoms. The lowest BCUT2D eigenvalue weighted by Crippen LogP contribution is -2.22. The average Bonchev–Trinajstić information content (AvgIpc) is 3.23. The van der Waals surface area contributed by atoms with Crippen molar-refractivity contribution in [3.8, 4) is 6.07 Å². The molecule has 19 heavy (non-hydrogen) atoms. The minimum absolute atomic E-state index is 0.0146. The van der Waals surface area contributed by atoms with Gasteiger partial charge in [0.15, 0.2) is 5.16 Å². The first-order valence-corrected chi connectivity index (χ1v) is 7.16. The molecule has 1 atom stereocenters. The van der Waals surface area contributed by atoms with Crippen molar-refractivity contribution < 1.29 is 0 Å². The van der Waals surface area contributed by atoms with E-state index in [9.17, 15) is 4.79 Å². The number of nitrogens with zero attached hydrogens (tertiary/aromatic N) is 3. The number of para-hydroxylation sites is 1. The maximum Gasteiger partial charge on any atom is 0.262 e. The van der Waals surface area contributed by atoms with Crippen LogP contribution in [0.15, 0.2) is 34.2 Å². The molecule has 1 saturated carbocycles. The van der Waals surface area contributed by atoms with Crippen molar-refractivity contribution in [1.29, 1.82) is 5.26 Å². The molecule has 0 N–H and O–H groups in total. The van der Waals surface area contributed by atoms with E-state index >= 15 is 0 Å². The molecule has 1 fully saturated rings. The molecular weight excluding hydrogens is 258 g/mol. The third-order valence-corrected chi connectivity index (χ3v) is 4.11. The topological polar surface area (TPSA) is 58.7 Å². The SMILES string of the molecule is CC(C#N)Sc1nc2ccccc2c(=O)n1C1CC1. The molecule has 0 saturated heterocycles. The number of thioether (sulfide) groups is 1. The summed E-state index contributed by atoms with van der Waals surface area (Å²) >= 11 is 1.36. The van der Waals surface area contributed by atoms with Crippen molar-refractivity contribution in [3.05, 3.63) is 34.6 Å². The van der Waals surface area contributed by atoms with Crippen LogP contribution in [-0.4, -0.2) is 14.8 Å². The van der Waals surface area contributed by atoms with Gasteiger partial charge in [0.05, 0.1) is 22.2 Å². The van der Waals surface area contributed by atoms with Crippen molar-refractivity contribution in [1.82, 2.24) is 9.55 Å². The lowest BCUT2D eigenvalue weighted by molar-refractivity contribution is 0.617. The second kappa shape index (κ2) is 4.71. The number of hydrogen-bond donors (Lipinski definition) is 0. The van der Waals surface area contributed by atoms with E-state index in [2.05, 4.69) is 11.1 Å². The highest BCUT2D eigenvalue weighted by atomic mass is 32.2. The minimum atomic E-state index is -0.210. The molecule has 1 aromatic heterocycles. The van der Waals surface area contributed by atoms with Crippen molar-refractivity contribution in [2.24, 2.45) is 0 Å². The molecule has 1 aliphatic rings. The largest absolute Gasteiger partial charge is 0.284 e. The third-order valence-electron chi connectivity index (χ3n) is 3.15. The van der Waals surface area contributed by atoms with Crippen LogP contribution in [0, 0.1) is 11.3 Å². The second-order valence-electron chi connectivity index (χ2n) is 4.71. The molecule has 1 aliphatic carbocycles. The third kappa shape index (κ3) is 2.24. The van der Waals surface area contributed by atoms with Crippen molar-refractivity contribution >= 4 is 22.7 Å². The molecule has 1 aromatic carbocycles. The summed E-state index contributed by atoms with van der Waals surface area (Å²) in [7, 11) is 0. The van der Waals surface area contributed by atoms with Gasteiger partial charge in [-0.25, -0.2) is 4.98 Å². The smallest absolute Gasteiger partial charge is 0.262 e. The van der Waals surface area contributed by atoms with Gasteiger partial charge in [0.25, 0.3) is 5.56 Å². The zero-order chi connectivity index (χ0) is 13.4. The van der Waals surface area contributed by atoms with E-state index in [4.69, 9.17) is 5.26 Å². The number of aromatic nitrogens is 2. The van der Waals surface area contributed by atoms with Gasteiger partial charge in [-0.15, -0.1) is 0 Å². The molecule has 0 aliphatic heterocycles. The molecular formula is C14H13N3OS. The average molecular weight is 271 g/mol. The van der Waals surface area contributed by atoms with E-state index in [-0.39, 0.29) is 16.9 Å². The van der Waals surface area contributed by atoms with Gasteiger partial charge >= 0.3 is 0 Å². The Morgan fingerprint density at radius 2 is 2.21 bits per heavy atom. The van der Waals surface area contributed by atoms with Gasteiger partial charge in [-0.2, -0.15) is 5.26 Å². The Kier molecular flexibility index (Phi) is 3.03. The molecule has 0 spiro atoms. The van der Waals surface area contributed by atoms with E-state index in [1.165, 1.54) is 11.8 Å². The highest BCUT2D eigenvalue weighted by Crippen LogP contribution is 2.37. The molecule has 0 bridgehead atoms. The van der Waals surface area contributed by atoms with E-state index in [1.54, 1.807) is 4.57 Å². The second-order valence-corrected chi connectivity index (χ2v) is 6.01. The fourth-order valence-electron chi connectivity index (χ4n) is 2.05. The van der Waals surface area contributed by atoms with Crippen LogP contribution in [0.25, 0.3) is 10.9 Å². The molecule has 2 aromatic rings. The summed E-state index contributed by atoms with van der Waals surface area (Å²) in [4.78, 5) is 17.1. The molecule has 0 radical (unpaired) electrons. The van der Waals surface area contributed by atoms with E-state index in [0.29, 0.717) is 16.1 Å². The summed E-state index contributed by atoms with van der Waals surface area (Å²) in [6, 6.07) is 9.82. The Morgan fingerprint density at radius 1 is 1.47 bits per heavy atom. The van der Waals surface area contributed by atoms with Gasteiger partial charge in [-0.05, 0) is 31.9 Å². The quantitative estimate of drug-likeness (QED) is 0.636. The molecule has 0 amide bonds. The van der Waals surface area contributed by atoms with Crippen molar-refractivity contribution in [3.63, 3.8) is 0 Å². The first-order valence-electron chi connectivity index (χ1n) is 6.28. The van der Waals surface area contributed by atoms with Crippen molar-refractivity contribution in [2.75, 3.05) is 0 Å². The van der Waals surface area contributed by atoms with Crippen LogP contribution in [0.3, 0.4) is 0 Å². The first kappa shape index (κ1) is 12.2. The van der Waals surface area contributed by atoms with Gasteiger partial charge in [0, 0.05) is 6.04 Å². The van der Waals surface area contributed by atoms with Crippen LogP contribution in [0.1, 0.15) is 25.8 Å². The highest BCUT2D eigenvalue weighted by Gasteiger charge is 2.29. The standard InChI is InChI=1S/C14H13N3OS/c1-9(8-15)19-14-16-12-5-3-2-4-11(12)13(18)17(14)10-6-7-10/h2-5,9-10H,6-7H2,1H3. The number of benzene rings is 1. The summed E-state index contributed by atoms with van der Waals surface area (Å²) in [5, 5.41) is 10.1. The zero-order valence-corrected chi connectivity index (χ0v) is 11.4. The summed E-state index contributed by atoms with van der Waals surface area (Å²) in [5.41, 5.74) is 0.720. The van der Waals surface area contributed by atoms with Gasteiger partial charge in [-0.3, -0.25) is 9.36 Å². The predicted octanol–water partition coefficient (Wildman–Crippen LogP) is 2.74. The van der Waals surface area contributed by atoms with Crippen LogP contribution in [-0.2, 0) is 0 Å². The summed E-state index contributed by atoms with van der Waals surface area (Å²) in [5.74, 6) is 0. The fraction of sp³-hybridized carbons (Fsp3) is 0.357. The maximum absolute atomic E-state index is 12.5. The molecule has 1 heterocycles. The Balaban J connectivity index is 2.21. The Morgan fingerprint density at radius 3 is 2.89 bits per heavy atom. The van der Waals surface area contributed by atoms with Crippen LogP contribution in [0.4, 0.5) is 0 Å². The van der Waals surface area contributed by atoms with Crippen molar-refractivity contribution in [2.45, 2.75) is 36.2 Å². The number of hydrogen-bond acceptors (Lipinski definition) is 4. The summed E-state index contributed by atoms with van der Waals surface area (Å²) in [6.07, 6.45) is 2.04. The monoisotopic (exact) mass is 271 g/mol. The zero-order valence-electron chi connectivity index (χ0n) is 10.5. The molecule has 1 unspecified atom stereocenters. The highest BCUT2D eigenvalue weighted by molar-refractivity contribution is 8.00. The van der Waals surface area contributed by atoms with E-state index in [0.717, 1.165) is 12.8 Å². The van der Waals surface area contributed by atoms with Gasteiger partial charge in [0.1, 0.15) is 0 Å². The summed E-state index contributed by atoms with van der Waals surface area (Å²) in [6.45, 7) is 1.82. The number of fused-ring (bicyclic) bond motifs is 1. The Hall–Kier alpha value is -1.80. The normalized spacial score (nSPS) is 16.2. The summed E-state index contributed by atoms with van der Waals surface area (Å²) < 4.78 is 1.76. The van der Waals surface area contributed by atoms with E-state index < -0.39 is 0 Å². The Bertz CT molecular complexity index is 728. The van der Waals surface area contributed by atoms with Crippen LogP contribution in [0.5, 0.6) is 0 Å². The first-order chi connectivity index (χ1) is 9.20. The fourth-order valence-corrected chi connectivity index (χ4v) is 2.91. The van der Waals surface area contributed by atoms with Crippen LogP contribution < -0.4 is 5.56 Å². The lowest BCUT2D eigenvalue weighted by atomic mass is 10.2. The number of rotatable bonds is 3. The van der Waals surface area contributed by atoms with E-state index in [1.807, 2.05) is 31.2 Å². The number of nitriles is 1. The lowest BCUT2D eigenvalue weighted by Gasteiger charge is -2.12. The minimum Gasteiger partial charge on any atom is -0.284 e. The predicted molar refractivity (Wildman–Crippen MR) is 75.2 cm³/mol. The van der Waals surface area contributed by atoms with Gasteiger partial charge in [0.2, 0.25) is 0 Å². The molecule has 4 nitrogen and oxygen atoms in total. The van der Waals surface area contributed by atoms with Crippen LogP contribution >= 0.6 is 11.8 Å². The Labute approximate surface area is 115 Å².